The van der Waals surface area contributed by atoms with Crippen molar-refractivity contribution in [3.05, 3.63) is 33.0 Å². The summed E-state index contributed by atoms with van der Waals surface area (Å²) >= 11 is 3.09. The van der Waals surface area contributed by atoms with E-state index >= 15 is 0 Å². The first kappa shape index (κ1) is 15.0. The van der Waals surface area contributed by atoms with Crippen LogP contribution in [0.25, 0.3) is 0 Å². The van der Waals surface area contributed by atoms with Crippen LogP contribution >= 0.6 is 22.7 Å². The van der Waals surface area contributed by atoms with Crippen LogP contribution in [0.4, 0.5) is 5.13 Å². The number of amides is 1. The zero-order valence-electron chi connectivity index (χ0n) is 11.7. The van der Waals surface area contributed by atoms with E-state index in [1.54, 1.807) is 11.3 Å². The van der Waals surface area contributed by atoms with Gasteiger partial charge in [0.05, 0.1) is 11.3 Å². The number of anilines is 1. The number of aryl methyl sites for hydroxylation is 1. The van der Waals surface area contributed by atoms with E-state index in [1.807, 2.05) is 16.8 Å². The predicted octanol–water partition coefficient (Wildman–Crippen LogP) is 3.27. The molecule has 3 N–H and O–H groups in total. The molecular formula is C14H19N3OS2. The van der Waals surface area contributed by atoms with E-state index in [4.69, 9.17) is 5.73 Å². The summed E-state index contributed by atoms with van der Waals surface area (Å²) in [6, 6.07) is 1.98. The molecule has 1 amide bonds. The van der Waals surface area contributed by atoms with Gasteiger partial charge in [-0.05, 0) is 24.8 Å². The van der Waals surface area contributed by atoms with E-state index in [1.165, 1.54) is 16.2 Å². The number of rotatable bonds is 6. The first-order valence-electron chi connectivity index (χ1n) is 6.62. The molecular weight excluding hydrogens is 290 g/mol. The summed E-state index contributed by atoms with van der Waals surface area (Å²) in [4.78, 5) is 17.4. The van der Waals surface area contributed by atoms with Crippen molar-refractivity contribution in [2.45, 2.75) is 32.6 Å². The Morgan fingerprint density at radius 2 is 2.20 bits per heavy atom. The van der Waals surface area contributed by atoms with Crippen molar-refractivity contribution in [1.29, 1.82) is 0 Å². The number of thiophene rings is 1. The van der Waals surface area contributed by atoms with Crippen LogP contribution in [0.1, 0.15) is 47.1 Å². The van der Waals surface area contributed by atoms with E-state index in [0.717, 1.165) is 24.1 Å². The molecule has 0 aromatic carbocycles. The average Bonchev–Trinajstić information content (AvgIpc) is 3.03. The third kappa shape index (κ3) is 4.05. The number of nitrogens with two attached hydrogens (primary N) is 1. The van der Waals surface area contributed by atoms with Gasteiger partial charge in [0.1, 0.15) is 0 Å². The van der Waals surface area contributed by atoms with E-state index in [2.05, 4.69) is 24.1 Å². The Balaban J connectivity index is 1.74. The van der Waals surface area contributed by atoms with Crippen LogP contribution in [0, 0.1) is 0 Å². The number of hydrogen-bond acceptors (Lipinski definition) is 5. The lowest BCUT2D eigenvalue weighted by Crippen LogP contribution is -2.24. The molecule has 0 atom stereocenters. The van der Waals surface area contributed by atoms with Crippen LogP contribution in [-0.4, -0.2) is 17.4 Å². The minimum absolute atomic E-state index is 0.00550. The van der Waals surface area contributed by atoms with E-state index < -0.39 is 0 Å². The van der Waals surface area contributed by atoms with Crippen molar-refractivity contribution in [3.63, 3.8) is 0 Å². The van der Waals surface area contributed by atoms with Crippen molar-refractivity contribution >= 4 is 33.7 Å². The molecule has 0 unspecified atom stereocenters. The highest BCUT2D eigenvalue weighted by Gasteiger charge is 2.10. The normalized spacial score (nSPS) is 10.9. The molecule has 0 fully saturated rings. The first-order chi connectivity index (χ1) is 9.56. The Bertz CT molecular complexity index is 574. The Kier molecular flexibility index (Phi) is 5.14. The Labute approximate surface area is 127 Å². The number of thiazole rings is 1. The number of nitrogens with one attached hydrogen (secondary N) is 1. The predicted molar refractivity (Wildman–Crippen MR) is 85.6 cm³/mol. The standard InChI is InChI=1S/C14H19N3OS2/c1-9(2)12-6-10(7-19-12)13(18)16-5-3-4-11-8-20-14(15)17-11/h6-9H,3-5H2,1-2H3,(H2,15,17)(H,16,18). The summed E-state index contributed by atoms with van der Waals surface area (Å²) < 4.78 is 0. The van der Waals surface area contributed by atoms with E-state index in [9.17, 15) is 4.79 Å². The third-order valence-electron chi connectivity index (χ3n) is 2.92. The molecule has 2 aromatic heterocycles. The molecule has 0 saturated carbocycles. The molecule has 0 aliphatic carbocycles. The van der Waals surface area contributed by atoms with Gasteiger partial charge in [-0.1, -0.05) is 13.8 Å². The minimum Gasteiger partial charge on any atom is -0.375 e. The van der Waals surface area contributed by atoms with E-state index in [-0.39, 0.29) is 5.91 Å². The second-order valence-corrected chi connectivity index (χ2v) is 6.76. The minimum atomic E-state index is 0.00550. The summed E-state index contributed by atoms with van der Waals surface area (Å²) in [6.45, 7) is 4.92. The summed E-state index contributed by atoms with van der Waals surface area (Å²) in [6.07, 6.45) is 1.71. The molecule has 0 bridgehead atoms. The highest BCUT2D eigenvalue weighted by molar-refractivity contribution is 7.13. The fraction of sp³-hybridized carbons (Fsp3) is 0.429. The van der Waals surface area contributed by atoms with Gasteiger partial charge in [0.2, 0.25) is 0 Å². The SMILES string of the molecule is CC(C)c1cc(C(=O)NCCCc2csc(N)n2)cs1. The molecule has 6 heteroatoms. The largest absolute Gasteiger partial charge is 0.375 e. The third-order valence-corrected chi connectivity index (χ3v) is 4.87. The molecule has 0 radical (unpaired) electrons. The number of hydrogen-bond donors (Lipinski definition) is 2. The topological polar surface area (TPSA) is 68.0 Å². The molecule has 2 rings (SSSR count). The van der Waals surface area contributed by atoms with Gasteiger partial charge in [-0.3, -0.25) is 4.79 Å². The number of aromatic nitrogens is 1. The average molecular weight is 309 g/mol. The van der Waals surface area contributed by atoms with Gasteiger partial charge < -0.3 is 11.1 Å². The summed E-state index contributed by atoms with van der Waals surface area (Å²) in [7, 11) is 0. The highest BCUT2D eigenvalue weighted by Crippen LogP contribution is 2.23. The summed E-state index contributed by atoms with van der Waals surface area (Å²) in [5.41, 5.74) is 7.33. The van der Waals surface area contributed by atoms with Crippen LogP contribution < -0.4 is 11.1 Å². The molecule has 20 heavy (non-hydrogen) atoms. The maximum absolute atomic E-state index is 12.0. The fourth-order valence-corrected chi connectivity index (χ4v) is 3.29. The number of carbonyl (C=O) groups is 1. The zero-order valence-corrected chi connectivity index (χ0v) is 13.3. The summed E-state index contributed by atoms with van der Waals surface area (Å²) in [5.74, 6) is 0.475. The quantitative estimate of drug-likeness (QED) is 0.805. The van der Waals surface area contributed by atoms with Crippen molar-refractivity contribution in [2.75, 3.05) is 12.3 Å². The van der Waals surface area contributed by atoms with Crippen molar-refractivity contribution in [3.8, 4) is 0 Å². The van der Waals surface area contributed by atoms with Gasteiger partial charge in [0.25, 0.3) is 5.91 Å². The zero-order chi connectivity index (χ0) is 14.5. The Morgan fingerprint density at radius 3 is 2.80 bits per heavy atom. The molecule has 0 saturated heterocycles. The Morgan fingerprint density at radius 1 is 1.40 bits per heavy atom. The van der Waals surface area contributed by atoms with Crippen LogP contribution in [-0.2, 0) is 6.42 Å². The number of carbonyl (C=O) groups excluding carboxylic acids is 1. The first-order valence-corrected chi connectivity index (χ1v) is 8.38. The van der Waals surface area contributed by atoms with Gasteiger partial charge in [-0.25, -0.2) is 4.98 Å². The molecule has 0 aliphatic heterocycles. The van der Waals surface area contributed by atoms with Crippen LogP contribution in [0.5, 0.6) is 0 Å². The van der Waals surface area contributed by atoms with Crippen LogP contribution in [0.2, 0.25) is 0 Å². The van der Waals surface area contributed by atoms with Crippen LogP contribution in [0.15, 0.2) is 16.8 Å². The second kappa shape index (κ2) is 6.85. The molecule has 2 aromatic rings. The van der Waals surface area contributed by atoms with Crippen molar-refractivity contribution in [2.24, 2.45) is 0 Å². The number of nitrogen functional groups attached to an aromatic ring is 1. The second-order valence-electron chi connectivity index (χ2n) is 4.93. The number of nitrogens with zero attached hydrogens (tertiary/aromatic N) is 1. The Hall–Kier alpha value is -1.40. The molecule has 0 aliphatic rings. The monoisotopic (exact) mass is 309 g/mol. The maximum Gasteiger partial charge on any atom is 0.252 e. The van der Waals surface area contributed by atoms with Gasteiger partial charge in [-0.2, -0.15) is 0 Å². The van der Waals surface area contributed by atoms with Gasteiger partial charge >= 0.3 is 0 Å². The van der Waals surface area contributed by atoms with Crippen molar-refractivity contribution in [1.82, 2.24) is 10.3 Å². The van der Waals surface area contributed by atoms with Gasteiger partial charge in [0.15, 0.2) is 5.13 Å². The fourth-order valence-electron chi connectivity index (χ4n) is 1.79. The molecule has 0 spiro atoms. The van der Waals surface area contributed by atoms with Gasteiger partial charge in [0, 0.05) is 22.2 Å². The highest BCUT2D eigenvalue weighted by atomic mass is 32.1. The van der Waals surface area contributed by atoms with Crippen molar-refractivity contribution < 1.29 is 4.79 Å². The maximum atomic E-state index is 12.0. The van der Waals surface area contributed by atoms with Gasteiger partial charge in [-0.15, -0.1) is 22.7 Å². The molecule has 4 nitrogen and oxygen atoms in total. The molecule has 108 valence electrons. The lowest BCUT2D eigenvalue weighted by molar-refractivity contribution is 0.0953. The van der Waals surface area contributed by atoms with Crippen LogP contribution in [0.3, 0.4) is 0 Å². The smallest absolute Gasteiger partial charge is 0.252 e. The summed E-state index contributed by atoms with van der Waals surface area (Å²) in [5, 5.41) is 7.43. The molecule has 2 heterocycles. The lowest BCUT2D eigenvalue weighted by atomic mass is 10.1. The van der Waals surface area contributed by atoms with E-state index in [0.29, 0.717) is 17.6 Å². The lowest BCUT2D eigenvalue weighted by Gasteiger charge is -2.03.